The molecule has 0 spiro atoms. The minimum Gasteiger partial charge on any atom is -0.367 e. The van der Waals surface area contributed by atoms with Crippen molar-refractivity contribution in [3.8, 4) is 0 Å². The first kappa shape index (κ1) is 18.1. The molecule has 9 heteroatoms. The molecule has 0 bridgehead atoms. The number of pyridine rings is 1. The standard InChI is InChI=1S/C15H22N6O2S/c1-2-3-12-24(22,23)18-11-10-17-14-4-5-15(21-20-14)19-13-6-8-16-9-7-13/h4-9,18H,2-3,10-12H2,1H3,(H,17,20)(H,16,19,21). The van der Waals surface area contributed by atoms with Crippen LogP contribution in [0.5, 0.6) is 0 Å². The van der Waals surface area contributed by atoms with E-state index in [0.717, 1.165) is 12.1 Å². The maximum Gasteiger partial charge on any atom is 0.211 e. The average molecular weight is 350 g/mol. The minimum absolute atomic E-state index is 0.165. The monoisotopic (exact) mass is 350 g/mol. The van der Waals surface area contributed by atoms with Crippen molar-refractivity contribution in [1.29, 1.82) is 0 Å². The topological polar surface area (TPSA) is 109 Å². The summed E-state index contributed by atoms with van der Waals surface area (Å²) < 4.78 is 25.8. The van der Waals surface area contributed by atoms with Crippen molar-refractivity contribution in [1.82, 2.24) is 19.9 Å². The van der Waals surface area contributed by atoms with Gasteiger partial charge >= 0.3 is 0 Å². The van der Waals surface area contributed by atoms with Crippen LogP contribution in [0, 0.1) is 0 Å². The van der Waals surface area contributed by atoms with Crippen LogP contribution < -0.4 is 15.4 Å². The molecule has 8 nitrogen and oxygen atoms in total. The summed E-state index contributed by atoms with van der Waals surface area (Å²) in [6.45, 7) is 2.71. The molecule has 0 aliphatic rings. The molecule has 0 aliphatic heterocycles. The van der Waals surface area contributed by atoms with Crippen molar-refractivity contribution in [2.45, 2.75) is 19.8 Å². The number of nitrogens with zero attached hydrogens (tertiary/aromatic N) is 3. The summed E-state index contributed by atoms with van der Waals surface area (Å²) >= 11 is 0. The fourth-order valence-corrected chi connectivity index (χ4v) is 3.11. The summed E-state index contributed by atoms with van der Waals surface area (Å²) in [6.07, 6.45) is 4.90. The first-order chi connectivity index (χ1) is 11.6. The lowest BCUT2D eigenvalue weighted by atomic mass is 10.4. The molecule has 0 amide bonds. The zero-order chi connectivity index (χ0) is 17.3. The van der Waals surface area contributed by atoms with Gasteiger partial charge in [-0.2, -0.15) is 0 Å². The zero-order valence-corrected chi connectivity index (χ0v) is 14.4. The third kappa shape index (κ3) is 6.47. The predicted molar refractivity (Wildman–Crippen MR) is 94.7 cm³/mol. The highest BCUT2D eigenvalue weighted by molar-refractivity contribution is 7.89. The van der Waals surface area contributed by atoms with Gasteiger partial charge in [0.05, 0.1) is 5.75 Å². The van der Waals surface area contributed by atoms with Crippen molar-refractivity contribution >= 4 is 27.3 Å². The maximum absolute atomic E-state index is 11.6. The van der Waals surface area contributed by atoms with Crippen LogP contribution in [0.4, 0.5) is 17.3 Å². The van der Waals surface area contributed by atoms with Crippen LogP contribution in [0.2, 0.25) is 0 Å². The van der Waals surface area contributed by atoms with Crippen molar-refractivity contribution in [2.24, 2.45) is 0 Å². The predicted octanol–water partition coefficient (Wildman–Crippen LogP) is 1.75. The summed E-state index contributed by atoms with van der Waals surface area (Å²) in [7, 11) is -3.18. The number of hydrogen-bond donors (Lipinski definition) is 3. The van der Waals surface area contributed by atoms with E-state index in [9.17, 15) is 8.42 Å². The third-order valence-electron chi connectivity index (χ3n) is 3.14. The Morgan fingerprint density at radius 1 is 1.00 bits per heavy atom. The van der Waals surface area contributed by atoms with E-state index < -0.39 is 10.0 Å². The van der Waals surface area contributed by atoms with Gasteiger partial charge in [-0.25, -0.2) is 13.1 Å². The molecule has 0 saturated heterocycles. The van der Waals surface area contributed by atoms with Crippen LogP contribution in [0.25, 0.3) is 0 Å². The second-order valence-corrected chi connectivity index (χ2v) is 7.08. The molecule has 0 atom stereocenters. The molecular weight excluding hydrogens is 328 g/mol. The van der Waals surface area contributed by atoms with Gasteiger partial charge in [-0.3, -0.25) is 4.98 Å². The molecule has 0 saturated carbocycles. The van der Waals surface area contributed by atoms with Gasteiger partial charge in [0.2, 0.25) is 10.0 Å². The fourth-order valence-electron chi connectivity index (χ4n) is 1.88. The van der Waals surface area contributed by atoms with Crippen molar-refractivity contribution in [3.05, 3.63) is 36.7 Å². The van der Waals surface area contributed by atoms with E-state index >= 15 is 0 Å². The van der Waals surface area contributed by atoms with E-state index in [1.807, 2.05) is 19.1 Å². The molecule has 2 aromatic heterocycles. The smallest absolute Gasteiger partial charge is 0.211 e. The highest BCUT2D eigenvalue weighted by Crippen LogP contribution is 2.13. The van der Waals surface area contributed by atoms with E-state index in [2.05, 4.69) is 30.5 Å². The van der Waals surface area contributed by atoms with E-state index in [1.54, 1.807) is 24.5 Å². The number of sulfonamides is 1. The molecular formula is C15H22N6O2S. The first-order valence-electron chi connectivity index (χ1n) is 7.81. The van der Waals surface area contributed by atoms with Gasteiger partial charge < -0.3 is 10.6 Å². The van der Waals surface area contributed by atoms with Gasteiger partial charge in [0.15, 0.2) is 5.82 Å². The Kier molecular flexibility index (Phi) is 6.89. The molecule has 2 heterocycles. The lowest BCUT2D eigenvalue weighted by molar-refractivity contribution is 0.579. The van der Waals surface area contributed by atoms with Crippen molar-refractivity contribution in [2.75, 3.05) is 29.5 Å². The minimum atomic E-state index is -3.18. The highest BCUT2D eigenvalue weighted by atomic mass is 32.2. The van der Waals surface area contributed by atoms with Crippen LogP contribution in [-0.4, -0.2) is 42.4 Å². The zero-order valence-electron chi connectivity index (χ0n) is 13.6. The highest BCUT2D eigenvalue weighted by Gasteiger charge is 2.07. The number of unbranched alkanes of at least 4 members (excludes halogenated alkanes) is 1. The lowest BCUT2D eigenvalue weighted by Crippen LogP contribution is -2.31. The maximum atomic E-state index is 11.6. The van der Waals surface area contributed by atoms with Crippen LogP contribution in [0.15, 0.2) is 36.7 Å². The van der Waals surface area contributed by atoms with Crippen LogP contribution >= 0.6 is 0 Å². The summed E-state index contributed by atoms with van der Waals surface area (Å²) in [4.78, 5) is 3.94. The van der Waals surface area contributed by atoms with Gasteiger partial charge in [-0.15, -0.1) is 10.2 Å². The van der Waals surface area contributed by atoms with Gasteiger partial charge in [-0.1, -0.05) is 13.3 Å². The Morgan fingerprint density at radius 2 is 1.71 bits per heavy atom. The van der Waals surface area contributed by atoms with E-state index in [-0.39, 0.29) is 5.75 Å². The SMILES string of the molecule is CCCCS(=O)(=O)NCCNc1ccc(Nc2ccncc2)nn1. The normalized spacial score (nSPS) is 11.2. The average Bonchev–Trinajstić information content (AvgIpc) is 2.59. The Balaban J connectivity index is 1.74. The second-order valence-electron chi connectivity index (χ2n) is 5.16. The Morgan fingerprint density at radius 3 is 2.38 bits per heavy atom. The van der Waals surface area contributed by atoms with Crippen LogP contribution in [-0.2, 0) is 10.0 Å². The second kappa shape index (κ2) is 9.14. The number of hydrogen-bond acceptors (Lipinski definition) is 7. The summed E-state index contributed by atoms with van der Waals surface area (Å²) in [5, 5.41) is 14.2. The molecule has 3 N–H and O–H groups in total. The Labute approximate surface area is 142 Å². The van der Waals surface area contributed by atoms with Crippen LogP contribution in [0.1, 0.15) is 19.8 Å². The number of anilines is 3. The molecule has 24 heavy (non-hydrogen) atoms. The molecule has 0 radical (unpaired) electrons. The first-order valence-corrected chi connectivity index (χ1v) is 9.46. The van der Waals surface area contributed by atoms with Crippen molar-refractivity contribution < 1.29 is 8.42 Å². The summed E-state index contributed by atoms with van der Waals surface area (Å²) in [6, 6.07) is 7.24. The van der Waals surface area contributed by atoms with Gasteiger partial charge in [-0.05, 0) is 30.7 Å². The molecule has 0 fully saturated rings. The van der Waals surface area contributed by atoms with Crippen LogP contribution in [0.3, 0.4) is 0 Å². The van der Waals surface area contributed by atoms with E-state index in [0.29, 0.717) is 31.1 Å². The number of aromatic nitrogens is 3. The summed E-state index contributed by atoms with van der Waals surface area (Å²) in [5.41, 5.74) is 0.876. The van der Waals surface area contributed by atoms with Gasteiger partial charge in [0.25, 0.3) is 0 Å². The largest absolute Gasteiger partial charge is 0.367 e. The van der Waals surface area contributed by atoms with Gasteiger partial charge in [0.1, 0.15) is 5.82 Å². The Bertz CT molecular complexity index is 707. The molecule has 0 unspecified atom stereocenters. The number of nitrogens with one attached hydrogen (secondary N) is 3. The fraction of sp³-hybridized carbons (Fsp3) is 0.400. The summed E-state index contributed by atoms with van der Waals surface area (Å²) in [5.74, 6) is 1.37. The molecule has 0 aliphatic carbocycles. The molecule has 2 rings (SSSR count). The van der Waals surface area contributed by atoms with Gasteiger partial charge in [0, 0.05) is 31.2 Å². The van der Waals surface area contributed by atoms with E-state index in [4.69, 9.17) is 0 Å². The number of rotatable bonds is 10. The third-order valence-corrected chi connectivity index (χ3v) is 4.61. The molecule has 130 valence electrons. The Hall–Kier alpha value is -2.26. The lowest BCUT2D eigenvalue weighted by Gasteiger charge is -2.08. The molecule has 2 aromatic rings. The van der Waals surface area contributed by atoms with E-state index in [1.165, 1.54) is 0 Å². The van der Waals surface area contributed by atoms with Crippen molar-refractivity contribution in [3.63, 3.8) is 0 Å². The quantitative estimate of drug-likeness (QED) is 0.560. The molecule has 0 aromatic carbocycles.